The fourth-order valence-corrected chi connectivity index (χ4v) is 2.95. The summed E-state index contributed by atoms with van der Waals surface area (Å²) in [5.41, 5.74) is 4.35. The van der Waals surface area contributed by atoms with Gasteiger partial charge in [-0.05, 0) is 54.6 Å². The van der Waals surface area contributed by atoms with Crippen molar-refractivity contribution in [1.82, 2.24) is 5.32 Å². The van der Waals surface area contributed by atoms with Gasteiger partial charge in [-0.15, -0.1) is 0 Å². The second kappa shape index (κ2) is 6.10. The first kappa shape index (κ1) is 13.2. The van der Waals surface area contributed by atoms with Crippen molar-refractivity contribution < 1.29 is 4.74 Å². The molecule has 0 saturated carbocycles. The van der Waals surface area contributed by atoms with Crippen LogP contribution in [0.25, 0.3) is 0 Å². The minimum Gasteiger partial charge on any atom is -0.497 e. The van der Waals surface area contributed by atoms with Crippen molar-refractivity contribution in [2.75, 3.05) is 13.7 Å². The molecule has 20 heavy (non-hydrogen) atoms. The average Bonchev–Trinajstić information content (AvgIpc) is 2.92. The van der Waals surface area contributed by atoms with Crippen molar-refractivity contribution >= 4 is 0 Å². The summed E-state index contributed by atoms with van der Waals surface area (Å²) in [5, 5.41) is 3.68. The molecule has 2 aromatic rings. The van der Waals surface area contributed by atoms with Crippen molar-refractivity contribution in [1.29, 1.82) is 0 Å². The van der Waals surface area contributed by atoms with Gasteiger partial charge in [0.1, 0.15) is 5.75 Å². The van der Waals surface area contributed by atoms with Crippen molar-refractivity contribution in [3.63, 3.8) is 0 Å². The Labute approximate surface area is 120 Å². The van der Waals surface area contributed by atoms with Gasteiger partial charge in [0, 0.05) is 6.04 Å². The molecule has 0 saturated heterocycles. The topological polar surface area (TPSA) is 21.3 Å². The lowest BCUT2D eigenvalue weighted by Crippen LogP contribution is -2.21. The lowest BCUT2D eigenvalue weighted by Gasteiger charge is -2.14. The molecular formula is C18H21NO. The third-order valence-electron chi connectivity index (χ3n) is 4.10. The van der Waals surface area contributed by atoms with Crippen LogP contribution < -0.4 is 10.1 Å². The molecule has 2 nitrogen and oxygen atoms in total. The van der Waals surface area contributed by atoms with E-state index in [9.17, 15) is 0 Å². The van der Waals surface area contributed by atoms with E-state index in [1.54, 1.807) is 7.11 Å². The summed E-state index contributed by atoms with van der Waals surface area (Å²) < 4.78 is 5.18. The van der Waals surface area contributed by atoms with E-state index in [1.165, 1.54) is 29.5 Å². The molecule has 2 heteroatoms. The Kier molecular flexibility index (Phi) is 4.03. The highest BCUT2D eigenvalue weighted by atomic mass is 16.5. The van der Waals surface area contributed by atoms with Crippen LogP contribution in [0.4, 0.5) is 0 Å². The number of aryl methyl sites for hydroxylation is 1. The van der Waals surface area contributed by atoms with E-state index < -0.39 is 0 Å². The number of ether oxygens (including phenoxy) is 1. The van der Waals surface area contributed by atoms with E-state index in [-0.39, 0.29) is 0 Å². The highest BCUT2D eigenvalue weighted by Gasteiger charge is 2.20. The first-order valence-corrected chi connectivity index (χ1v) is 7.31. The second-order valence-corrected chi connectivity index (χ2v) is 5.34. The van der Waals surface area contributed by atoms with Crippen LogP contribution in [0.5, 0.6) is 5.75 Å². The Hall–Kier alpha value is -1.80. The van der Waals surface area contributed by atoms with Crippen LogP contribution in [0, 0.1) is 0 Å². The molecule has 104 valence electrons. The first-order chi connectivity index (χ1) is 9.86. The minimum atomic E-state index is 0.532. The Bertz CT molecular complexity index is 562. The third kappa shape index (κ3) is 2.86. The Balaban J connectivity index is 1.53. The fraction of sp³-hybridized carbons (Fsp3) is 0.333. The maximum atomic E-state index is 5.18. The predicted molar refractivity (Wildman–Crippen MR) is 82.2 cm³/mol. The quantitative estimate of drug-likeness (QED) is 0.895. The molecule has 0 spiro atoms. The van der Waals surface area contributed by atoms with E-state index in [1.807, 2.05) is 12.1 Å². The second-order valence-electron chi connectivity index (χ2n) is 5.34. The molecule has 1 unspecified atom stereocenters. The molecule has 0 bridgehead atoms. The SMILES string of the molecule is COc1ccc(CCNC2CCc3ccccc32)cc1. The standard InChI is InChI=1S/C18H21NO/c1-20-16-9-6-14(7-10-16)12-13-19-18-11-8-15-4-2-3-5-17(15)18/h2-7,9-10,18-19H,8,11-13H2,1H3. The monoisotopic (exact) mass is 267 g/mol. The lowest BCUT2D eigenvalue weighted by molar-refractivity contribution is 0.414. The third-order valence-corrected chi connectivity index (χ3v) is 4.10. The average molecular weight is 267 g/mol. The smallest absolute Gasteiger partial charge is 0.118 e. The van der Waals surface area contributed by atoms with Crippen LogP contribution in [0.1, 0.15) is 29.2 Å². The Morgan fingerprint density at radius 2 is 1.90 bits per heavy atom. The van der Waals surface area contributed by atoms with Gasteiger partial charge in [-0.2, -0.15) is 0 Å². The van der Waals surface area contributed by atoms with E-state index in [2.05, 4.69) is 41.7 Å². The van der Waals surface area contributed by atoms with Gasteiger partial charge in [-0.3, -0.25) is 0 Å². The number of hydrogen-bond acceptors (Lipinski definition) is 2. The zero-order chi connectivity index (χ0) is 13.8. The molecule has 0 aromatic heterocycles. The van der Waals surface area contributed by atoms with Gasteiger partial charge in [0.15, 0.2) is 0 Å². The van der Waals surface area contributed by atoms with E-state index >= 15 is 0 Å². The summed E-state index contributed by atoms with van der Waals surface area (Å²) in [7, 11) is 1.70. The van der Waals surface area contributed by atoms with E-state index in [0.29, 0.717) is 6.04 Å². The maximum Gasteiger partial charge on any atom is 0.118 e. The van der Waals surface area contributed by atoms with Gasteiger partial charge in [0.05, 0.1) is 7.11 Å². The van der Waals surface area contributed by atoms with Crippen molar-refractivity contribution in [2.24, 2.45) is 0 Å². The first-order valence-electron chi connectivity index (χ1n) is 7.31. The fourth-order valence-electron chi connectivity index (χ4n) is 2.95. The van der Waals surface area contributed by atoms with Gasteiger partial charge in [-0.25, -0.2) is 0 Å². The molecule has 0 heterocycles. The molecule has 0 radical (unpaired) electrons. The molecule has 0 fully saturated rings. The van der Waals surface area contributed by atoms with Crippen molar-refractivity contribution in [2.45, 2.75) is 25.3 Å². The van der Waals surface area contributed by atoms with Crippen LogP contribution in [-0.4, -0.2) is 13.7 Å². The van der Waals surface area contributed by atoms with Crippen LogP contribution >= 0.6 is 0 Å². The van der Waals surface area contributed by atoms with Gasteiger partial charge in [-0.1, -0.05) is 36.4 Å². The summed E-state index contributed by atoms with van der Waals surface area (Å²) >= 11 is 0. The molecule has 1 aliphatic rings. The maximum absolute atomic E-state index is 5.18. The summed E-state index contributed by atoms with van der Waals surface area (Å²) in [6.07, 6.45) is 3.49. The Morgan fingerprint density at radius 1 is 1.10 bits per heavy atom. The van der Waals surface area contributed by atoms with Crippen LogP contribution in [0.3, 0.4) is 0 Å². The van der Waals surface area contributed by atoms with Gasteiger partial charge >= 0.3 is 0 Å². The van der Waals surface area contributed by atoms with Crippen LogP contribution in [0.2, 0.25) is 0 Å². The predicted octanol–water partition coefficient (Wildman–Crippen LogP) is 3.51. The number of nitrogens with one attached hydrogen (secondary N) is 1. The van der Waals surface area contributed by atoms with Gasteiger partial charge < -0.3 is 10.1 Å². The molecule has 2 aromatic carbocycles. The highest BCUT2D eigenvalue weighted by molar-refractivity contribution is 5.34. The van der Waals surface area contributed by atoms with E-state index in [0.717, 1.165) is 18.7 Å². The van der Waals surface area contributed by atoms with Crippen LogP contribution in [0.15, 0.2) is 48.5 Å². The summed E-state index contributed by atoms with van der Waals surface area (Å²) in [6, 6.07) is 17.7. The number of benzene rings is 2. The largest absolute Gasteiger partial charge is 0.497 e. The lowest BCUT2D eigenvalue weighted by atomic mass is 10.1. The molecular weight excluding hydrogens is 246 g/mol. The molecule has 1 aliphatic carbocycles. The summed E-state index contributed by atoms with van der Waals surface area (Å²) in [4.78, 5) is 0. The zero-order valence-corrected chi connectivity index (χ0v) is 11.9. The molecule has 0 amide bonds. The summed E-state index contributed by atoms with van der Waals surface area (Å²) in [5.74, 6) is 0.923. The van der Waals surface area contributed by atoms with Crippen molar-refractivity contribution in [3.05, 3.63) is 65.2 Å². The number of fused-ring (bicyclic) bond motifs is 1. The van der Waals surface area contributed by atoms with Gasteiger partial charge in [0.25, 0.3) is 0 Å². The Morgan fingerprint density at radius 3 is 2.70 bits per heavy atom. The zero-order valence-electron chi connectivity index (χ0n) is 11.9. The number of rotatable bonds is 5. The number of hydrogen-bond donors (Lipinski definition) is 1. The van der Waals surface area contributed by atoms with Crippen molar-refractivity contribution in [3.8, 4) is 5.75 Å². The molecule has 1 N–H and O–H groups in total. The van der Waals surface area contributed by atoms with Gasteiger partial charge in [0.2, 0.25) is 0 Å². The minimum absolute atomic E-state index is 0.532. The van der Waals surface area contributed by atoms with Crippen LogP contribution in [-0.2, 0) is 12.8 Å². The number of methoxy groups -OCH3 is 1. The molecule has 3 rings (SSSR count). The molecule has 1 atom stereocenters. The normalized spacial score (nSPS) is 16.9. The summed E-state index contributed by atoms with van der Waals surface area (Å²) in [6.45, 7) is 1.02. The molecule has 0 aliphatic heterocycles. The highest BCUT2D eigenvalue weighted by Crippen LogP contribution is 2.30. The van der Waals surface area contributed by atoms with E-state index in [4.69, 9.17) is 4.74 Å².